The van der Waals surface area contributed by atoms with Gasteiger partial charge in [0.05, 0.1) is 0 Å². The van der Waals surface area contributed by atoms with Gasteiger partial charge in [-0.15, -0.1) is 0 Å². The summed E-state index contributed by atoms with van der Waals surface area (Å²) >= 11 is 16.5. The van der Waals surface area contributed by atoms with Crippen molar-refractivity contribution in [3.05, 3.63) is 28.2 Å². The summed E-state index contributed by atoms with van der Waals surface area (Å²) in [4.78, 5) is 0.276. The van der Waals surface area contributed by atoms with Gasteiger partial charge in [-0.1, -0.05) is 35.4 Å². The molecule has 1 aromatic carbocycles. The van der Waals surface area contributed by atoms with Crippen LogP contribution in [-0.2, 0) is 0 Å². The Balaban J connectivity index is 2.94. The summed E-state index contributed by atoms with van der Waals surface area (Å²) in [6, 6.07) is 4.95. The lowest BCUT2D eigenvalue weighted by Gasteiger charge is -2.25. The Labute approximate surface area is 104 Å². The molecule has 1 rings (SSSR count). The molecule has 0 bridgehead atoms. The van der Waals surface area contributed by atoms with E-state index < -0.39 is 5.60 Å². The van der Waals surface area contributed by atoms with Crippen LogP contribution in [0.15, 0.2) is 18.2 Å². The second kappa shape index (κ2) is 4.56. The molecular weight excluding hydrogens is 253 g/mol. The van der Waals surface area contributed by atoms with E-state index >= 15 is 0 Å². The maximum Gasteiger partial charge on any atom is 0.153 e. The summed E-state index contributed by atoms with van der Waals surface area (Å²) in [6.07, 6.45) is 0. The highest BCUT2D eigenvalue weighted by atomic mass is 35.5. The normalized spacial score (nSPS) is 11.2. The highest BCUT2D eigenvalue weighted by molar-refractivity contribution is 7.80. The first kappa shape index (κ1) is 12.6. The van der Waals surface area contributed by atoms with E-state index in [1.807, 2.05) is 0 Å². The smallest absolute Gasteiger partial charge is 0.153 e. The average molecular weight is 264 g/mol. The number of hydrogen-bond donors (Lipinski definition) is 1. The summed E-state index contributed by atoms with van der Waals surface area (Å²) in [5.41, 5.74) is 4.82. The molecule has 2 nitrogen and oxygen atoms in total. The fraction of sp³-hybridized carbons (Fsp3) is 0.300. The van der Waals surface area contributed by atoms with Gasteiger partial charge in [-0.2, -0.15) is 0 Å². The van der Waals surface area contributed by atoms with Crippen molar-refractivity contribution in [1.82, 2.24) is 0 Å². The van der Waals surface area contributed by atoms with E-state index in [1.165, 1.54) is 0 Å². The number of rotatable bonds is 3. The Hall–Kier alpha value is -0.510. The molecule has 0 saturated carbocycles. The van der Waals surface area contributed by atoms with Gasteiger partial charge in [0.1, 0.15) is 10.7 Å². The molecule has 82 valence electrons. The van der Waals surface area contributed by atoms with E-state index in [0.717, 1.165) is 0 Å². The zero-order valence-corrected chi connectivity index (χ0v) is 10.7. The van der Waals surface area contributed by atoms with E-state index in [4.69, 9.17) is 45.9 Å². The van der Waals surface area contributed by atoms with E-state index in [1.54, 1.807) is 32.0 Å². The van der Waals surface area contributed by atoms with E-state index in [0.29, 0.717) is 15.8 Å². The van der Waals surface area contributed by atoms with Crippen LogP contribution < -0.4 is 10.5 Å². The molecule has 0 fully saturated rings. The van der Waals surface area contributed by atoms with Crippen LogP contribution in [0.1, 0.15) is 13.8 Å². The molecular formula is C10H11Cl2NOS. The minimum absolute atomic E-state index is 0.276. The molecule has 1 aromatic rings. The lowest BCUT2D eigenvalue weighted by atomic mass is 10.1. The van der Waals surface area contributed by atoms with Crippen LogP contribution in [0.25, 0.3) is 0 Å². The summed E-state index contributed by atoms with van der Waals surface area (Å²) in [5.74, 6) is 0.547. The molecule has 0 spiro atoms. The van der Waals surface area contributed by atoms with Gasteiger partial charge in [-0.25, -0.2) is 0 Å². The third-order valence-electron chi connectivity index (χ3n) is 1.80. The topological polar surface area (TPSA) is 35.2 Å². The van der Waals surface area contributed by atoms with Crippen molar-refractivity contribution in [3.63, 3.8) is 0 Å². The molecule has 5 heteroatoms. The van der Waals surface area contributed by atoms with Crippen molar-refractivity contribution >= 4 is 40.4 Å². The fourth-order valence-electron chi connectivity index (χ4n) is 0.932. The van der Waals surface area contributed by atoms with Gasteiger partial charge in [-0.3, -0.25) is 0 Å². The molecule has 0 aromatic heterocycles. The van der Waals surface area contributed by atoms with Crippen molar-refractivity contribution in [3.8, 4) is 5.75 Å². The van der Waals surface area contributed by atoms with Crippen LogP contribution in [0.4, 0.5) is 0 Å². The highest BCUT2D eigenvalue weighted by Gasteiger charge is 2.23. The number of ether oxygens (including phenoxy) is 1. The van der Waals surface area contributed by atoms with Crippen molar-refractivity contribution in [2.45, 2.75) is 19.4 Å². The Morgan fingerprint density at radius 2 is 1.73 bits per heavy atom. The molecule has 0 heterocycles. The summed E-state index contributed by atoms with van der Waals surface area (Å²) in [7, 11) is 0. The Kier molecular flexibility index (Phi) is 3.82. The number of hydrogen-bond acceptors (Lipinski definition) is 2. The van der Waals surface area contributed by atoms with Crippen LogP contribution >= 0.6 is 35.4 Å². The van der Waals surface area contributed by atoms with Gasteiger partial charge in [0.2, 0.25) is 0 Å². The van der Waals surface area contributed by atoms with Crippen LogP contribution in [0.2, 0.25) is 10.0 Å². The lowest BCUT2D eigenvalue weighted by molar-refractivity contribution is 0.184. The van der Waals surface area contributed by atoms with E-state index in [9.17, 15) is 0 Å². The zero-order chi connectivity index (χ0) is 11.6. The predicted octanol–water partition coefficient (Wildman–Crippen LogP) is 3.44. The molecule has 2 N–H and O–H groups in total. The van der Waals surface area contributed by atoms with E-state index in [2.05, 4.69) is 0 Å². The minimum Gasteiger partial charge on any atom is -0.481 e. The molecule has 0 aliphatic rings. The van der Waals surface area contributed by atoms with Crippen LogP contribution in [0.5, 0.6) is 5.75 Å². The maximum atomic E-state index is 5.83. The van der Waals surface area contributed by atoms with Gasteiger partial charge in [0.15, 0.2) is 5.60 Å². The summed E-state index contributed by atoms with van der Waals surface area (Å²) in [5, 5.41) is 1.02. The molecule has 0 atom stereocenters. The number of nitrogens with two attached hydrogens (primary N) is 1. The standard InChI is InChI=1S/C10H11Cl2NOS/c1-10(2,9(13)15)14-8-4-6(11)3-7(12)5-8/h3-5H,1-2H3,(H2,13,15). The second-order valence-electron chi connectivity index (χ2n) is 3.58. The Morgan fingerprint density at radius 1 is 1.27 bits per heavy atom. The molecule has 0 aliphatic heterocycles. The largest absolute Gasteiger partial charge is 0.481 e. The fourth-order valence-corrected chi connectivity index (χ4v) is 1.48. The molecule has 0 saturated heterocycles. The first-order chi connectivity index (χ1) is 6.81. The molecule has 0 radical (unpaired) electrons. The summed E-state index contributed by atoms with van der Waals surface area (Å²) < 4.78 is 5.59. The zero-order valence-electron chi connectivity index (χ0n) is 8.38. The molecule has 0 unspecified atom stereocenters. The first-order valence-electron chi connectivity index (χ1n) is 4.26. The van der Waals surface area contributed by atoms with Gasteiger partial charge in [0, 0.05) is 10.0 Å². The third kappa shape index (κ3) is 3.52. The van der Waals surface area contributed by atoms with Crippen molar-refractivity contribution in [2.75, 3.05) is 0 Å². The third-order valence-corrected chi connectivity index (χ3v) is 2.73. The lowest BCUT2D eigenvalue weighted by Crippen LogP contribution is -2.42. The number of halogens is 2. The van der Waals surface area contributed by atoms with Gasteiger partial charge < -0.3 is 10.5 Å². The average Bonchev–Trinajstić information content (AvgIpc) is 1.99. The predicted molar refractivity (Wildman–Crippen MR) is 68.0 cm³/mol. The van der Waals surface area contributed by atoms with Gasteiger partial charge in [-0.05, 0) is 32.0 Å². The Bertz CT molecular complexity index is 373. The van der Waals surface area contributed by atoms with Crippen molar-refractivity contribution in [1.29, 1.82) is 0 Å². The van der Waals surface area contributed by atoms with Gasteiger partial charge >= 0.3 is 0 Å². The molecule has 15 heavy (non-hydrogen) atoms. The monoisotopic (exact) mass is 263 g/mol. The highest BCUT2D eigenvalue weighted by Crippen LogP contribution is 2.27. The summed E-state index contributed by atoms with van der Waals surface area (Å²) in [6.45, 7) is 3.56. The van der Waals surface area contributed by atoms with E-state index in [-0.39, 0.29) is 4.99 Å². The molecule has 0 aliphatic carbocycles. The second-order valence-corrected chi connectivity index (χ2v) is 4.89. The first-order valence-corrected chi connectivity index (χ1v) is 5.43. The minimum atomic E-state index is -0.719. The van der Waals surface area contributed by atoms with Gasteiger partial charge in [0.25, 0.3) is 0 Å². The van der Waals surface area contributed by atoms with Crippen LogP contribution in [-0.4, -0.2) is 10.6 Å². The number of benzene rings is 1. The SMILES string of the molecule is CC(C)(Oc1cc(Cl)cc(Cl)c1)C(N)=S. The number of thiocarbonyl (C=S) groups is 1. The maximum absolute atomic E-state index is 5.83. The Morgan fingerprint density at radius 3 is 2.13 bits per heavy atom. The van der Waals surface area contributed by atoms with Crippen LogP contribution in [0.3, 0.4) is 0 Å². The van der Waals surface area contributed by atoms with Crippen molar-refractivity contribution < 1.29 is 4.74 Å². The van der Waals surface area contributed by atoms with Crippen molar-refractivity contribution in [2.24, 2.45) is 5.73 Å². The quantitative estimate of drug-likeness (QED) is 0.849. The van der Waals surface area contributed by atoms with Crippen LogP contribution in [0, 0.1) is 0 Å². The molecule has 0 amide bonds.